The van der Waals surface area contributed by atoms with Crippen molar-refractivity contribution in [1.29, 1.82) is 0 Å². The van der Waals surface area contributed by atoms with E-state index in [9.17, 15) is 13.6 Å². The molecule has 0 amide bonds. The summed E-state index contributed by atoms with van der Waals surface area (Å²) >= 11 is 0. The first-order valence-electron chi connectivity index (χ1n) is 6.59. The van der Waals surface area contributed by atoms with Gasteiger partial charge < -0.3 is 0 Å². The predicted octanol–water partition coefficient (Wildman–Crippen LogP) is 3.15. The Bertz CT molecular complexity index is 1080. The molecule has 4 rings (SSSR count). The molecular weight excluding hydrogens is 288 g/mol. The lowest BCUT2D eigenvalue weighted by Crippen LogP contribution is -2.15. The third-order valence-electron chi connectivity index (χ3n) is 3.59. The molecule has 2 heterocycles. The Morgan fingerprint density at radius 1 is 1.00 bits per heavy atom. The Morgan fingerprint density at radius 2 is 1.77 bits per heavy atom. The van der Waals surface area contributed by atoms with Gasteiger partial charge in [-0.1, -0.05) is 18.2 Å². The zero-order chi connectivity index (χ0) is 15.3. The summed E-state index contributed by atoms with van der Waals surface area (Å²) in [6.45, 7) is 0. The van der Waals surface area contributed by atoms with Gasteiger partial charge in [0.2, 0.25) is 0 Å². The van der Waals surface area contributed by atoms with Gasteiger partial charge in [0.15, 0.2) is 0 Å². The molecule has 0 fully saturated rings. The molecule has 0 aliphatic carbocycles. The van der Waals surface area contributed by atoms with Gasteiger partial charge in [0.05, 0.1) is 21.8 Å². The van der Waals surface area contributed by atoms with Crippen LogP contribution < -0.4 is 5.56 Å². The van der Waals surface area contributed by atoms with Crippen LogP contribution in [0, 0.1) is 11.6 Å². The van der Waals surface area contributed by atoms with Gasteiger partial charge in [-0.3, -0.25) is 14.9 Å². The highest BCUT2D eigenvalue weighted by atomic mass is 19.1. The van der Waals surface area contributed by atoms with Crippen LogP contribution in [0.15, 0.2) is 53.5 Å². The van der Waals surface area contributed by atoms with Crippen molar-refractivity contribution in [2.45, 2.75) is 0 Å². The first-order chi connectivity index (χ1) is 10.7. The van der Waals surface area contributed by atoms with Crippen LogP contribution in [0.1, 0.15) is 0 Å². The fourth-order valence-corrected chi connectivity index (χ4v) is 2.57. The molecule has 0 aliphatic heterocycles. The summed E-state index contributed by atoms with van der Waals surface area (Å²) < 4.78 is 29.1. The molecule has 0 unspecified atom stereocenters. The van der Waals surface area contributed by atoms with Gasteiger partial charge in [-0.25, -0.2) is 13.5 Å². The molecule has 4 nitrogen and oxygen atoms in total. The number of halogens is 2. The summed E-state index contributed by atoms with van der Waals surface area (Å²) in [4.78, 5) is 16.5. The molecule has 4 aromatic rings. The number of nitrogens with one attached hydrogen (secondary N) is 1. The SMILES string of the molecule is O=c1c2cnc3cccc(F)c3c2[nH]n1-c1ccccc1F. The smallest absolute Gasteiger partial charge is 0.280 e. The van der Waals surface area contributed by atoms with Crippen LogP contribution in [0.2, 0.25) is 0 Å². The zero-order valence-electron chi connectivity index (χ0n) is 11.2. The molecule has 0 atom stereocenters. The molecule has 0 aliphatic rings. The Hall–Kier alpha value is -3.02. The normalized spacial score (nSPS) is 11.4. The van der Waals surface area contributed by atoms with Gasteiger partial charge in [-0.05, 0) is 24.3 Å². The van der Waals surface area contributed by atoms with Crippen molar-refractivity contribution in [3.63, 3.8) is 0 Å². The lowest BCUT2D eigenvalue weighted by atomic mass is 10.1. The third kappa shape index (κ3) is 1.67. The van der Waals surface area contributed by atoms with Gasteiger partial charge in [-0.15, -0.1) is 0 Å². The number of H-pyrrole nitrogens is 1. The molecule has 0 saturated carbocycles. The Kier molecular flexibility index (Phi) is 2.59. The summed E-state index contributed by atoms with van der Waals surface area (Å²) in [7, 11) is 0. The van der Waals surface area contributed by atoms with Crippen molar-refractivity contribution in [1.82, 2.24) is 14.8 Å². The van der Waals surface area contributed by atoms with E-state index >= 15 is 0 Å². The molecule has 2 aromatic carbocycles. The summed E-state index contributed by atoms with van der Waals surface area (Å²) in [5.41, 5.74) is 0.330. The monoisotopic (exact) mass is 297 g/mol. The zero-order valence-corrected chi connectivity index (χ0v) is 11.2. The molecule has 6 heteroatoms. The first-order valence-corrected chi connectivity index (χ1v) is 6.59. The van der Waals surface area contributed by atoms with Gasteiger partial charge in [-0.2, -0.15) is 0 Å². The minimum Gasteiger partial charge on any atom is -0.289 e. The van der Waals surface area contributed by atoms with Crippen molar-refractivity contribution in [3.05, 3.63) is 70.6 Å². The van der Waals surface area contributed by atoms with Crippen LogP contribution in [-0.4, -0.2) is 14.8 Å². The second-order valence-corrected chi connectivity index (χ2v) is 4.88. The highest BCUT2D eigenvalue weighted by Crippen LogP contribution is 2.23. The Balaban J connectivity index is 2.16. The lowest BCUT2D eigenvalue weighted by molar-refractivity contribution is 0.609. The van der Waals surface area contributed by atoms with Gasteiger partial charge in [0, 0.05) is 6.20 Å². The van der Waals surface area contributed by atoms with Crippen molar-refractivity contribution in [2.24, 2.45) is 0 Å². The maximum atomic E-state index is 14.1. The van der Waals surface area contributed by atoms with E-state index in [2.05, 4.69) is 10.1 Å². The summed E-state index contributed by atoms with van der Waals surface area (Å²) in [6, 6.07) is 10.4. The number of nitrogens with zero attached hydrogens (tertiary/aromatic N) is 2. The summed E-state index contributed by atoms with van der Waals surface area (Å²) in [5, 5.41) is 3.21. The van der Waals surface area contributed by atoms with E-state index < -0.39 is 17.2 Å². The Labute approximate surface area is 122 Å². The van der Waals surface area contributed by atoms with Gasteiger partial charge >= 0.3 is 0 Å². The number of benzene rings is 2. The average Bonchev–Trinajstić information content (AvgIpc) is 2.85. The molecule has 22 heavy (non-hydrogen) atoms. The molecule has 0 bridgehead atoms. The molecule has 108 valence electrons. The Morgan fingerprint density at radius 3 is 2.59 bits per heavy atom. The average molecular weight is 297 g/mol. The van der Waals surface area contributed by atoms with Gasteiger partial charge in [0.25, 0.3) is 5.56 Å². The van der Waals surface area contributed by atoms with Crippen LogP contribution in [0.25, 0.3) is 27.5 Å². The maximum absolute atomic E-state index is 14.1. The van der Waals surface area contributed by atoms with E-state index in [1.165, 1.54) is 30.5 Å². The number of rotatable bonds is 1. The van der Waals surface area contributed by atoms with E-state index in [1.54, 1.807) is 18.2 Å². The van der Waals surface area contributed by atoms with E-state index in [0.717, 1.165) is 4.68 Å². The van der Waals surface area contributed by atoms with E-state index in [1.807, 2.05) is 0 Å². The highest BCUT2D eigenvalue weighted by molar-refractivity contribution is 6.03. The summed E-state index contributed by atoms with van der Waals surface area (Å²) in [6.07, 6.45) is 1.37. The number of aromatic nitrogens is 3. The minimum atomic E-state index is -0.547. The molecule has 0 saturated heterocycles. The lowest BCUT2D eigenvalue weighted by Gasteiger charge is -2.02. The third-order valence-corrected chi connectivity index (χ3v) is 3.59. The van der Waals surface area contributed by atoms with Crippen LogP contribution in [0.5, 0.6) is 0 Å². The topological polar surface area (TPSA) is 50.7 Å². The fraction of sp³-hybridized carbons (Fsp3) is 0. The fourth-order valence-electron chi connectivity index (χ4n) is 2.57. The van der Waals surface area contributed by atoms with E-state index in [4.69, 9.17) is 0 Å². The number of hydrogen-bond acceptors (Lipinski definition) is 2. The highest BCUT2D eigenvalue weighted by Gasteiger charge is 2.15. The van der Waals surface area contributed by atoms with Crippen LogP contribution >= 0.6 is 0 Å². The number of para-hydroxylation sites is 1. The molecule has 1 N–H and O–H groups in total. The van der Waals surface area contributed by atoms with Crippen LogP contribution in [-0.2, 0) is 0 Å². The van der Waals surface area contributed by atoms with Crippen molar-refractivity contribution in [2.75, 3.05) is 0 Å². The first kappa shape index (κ1) is 12.7. The molecular formula is C16H9F2N3O. The minimum absolute atomic E-state index is 0.0770. The van der Waals surface area contributed by atoms with Crippen molar-refractivity contribution >= 4 is 21.8 Å². The standard InChI is InChI=1S/C16H9F2N3O/c17-10-4-1-2-7-13(10)21-16(22)9-8-19-12-6-3-5-11(18)14(12)15(9)20-21/h1-8,20H. The second kappa shape index (κ2) is 4.49. The largest absolute Gasteiger partial charge is 0.289 e. The van der Waals surface area contributed by atoms with Gasteiger partial charge in [0.1, 0.15) is 17.3 Å². The number of fused-ring (bicyclic) bond motifs is 3. The number of hydrogen-bond donors (Lipinski definition) is 1. The number of aromatic amines is 1. The second-order valence-electron chi connectivity index (χ2n) is 4.88. The van der Waals surface area contributed by atoms with Crippen LogP contribution in [0.3, 0.4) is 0 Å². The van der Waals surface area contributed by atoms with Crippen molar-refractivity contribution in [3.8, 4) is 5.69 Å². The molecule has 0 radical (unpaired) electrons. The predicted molar refractivity (Wildman–Crippen MR) is 79.1 cm³/mol. The van der Waals surface area contributed by atoms with E-state index in [-0.39, 0.29) is 16.5 Å². The number of pyridine rings is 1. The van der Waals surface area contributed by atoms with Crippen molar-refractivity contribution < 1.29 is 8.78 Å². The molecule has 2 aromatic heterocycles. The molecule has 0 spiro atoms. The summed E-state index contributed by atoms with van der Waals surface area (Å²) in [5.74, 6) is -1.04. The van der Waals surface area contributed by atoms with Crippen LogP contribution in [0.4, 0.5) is 8.78 Å². The maximum Gasteiger partial charge on any atom is 0.280 e. The van der Waals surface area contributed by atoms with E-state index in [0.29, 0.717) is 11.0 Å². The quantitative estimate of drug-likeness (QED) is 0.587.